The predicted molar refractivity (Wildman–Crippen MR) is 140 cm³/mol. The van der Waals surface area contributed by atoms with Crippen molar-refractivity contribution < 1.29 is 32.7 Å². The molecular weight excluding hydrogens is 485 g/mol. The van der Waals surface area contributed by atoms with Gasteiger partial charge in [0.25, 0.3) is 0 Å². The summed E-state index contributed by atoms with van der Waals surface area (Å²) in [4.78, 5) is 0. The molecule has 8 rings (SSSR count). The summed E-state index contributed by atoms with van der Waals surface area (Å²) in [5.74, 6) is 17.1. The Morgan fingerprint density at radius 3 is 1.62 bits per heavy atom. The summed E-state index contributed by atoms with van der Waals surface area (Å²) in [5.41, 5.74) is 0. The Morgan fingerprint density at radius 2 is 1.09 bits per heavy atom. The van der Waals surface area contributed by atoms with Crippen molar-refractivity contribution in [2.45, 2.75) is 99.3 Å². The molecule has 0 aromatic heterocycles. The Kier molecular flexibility index (Phi) is 8.12. The summed E-state index contributed by atoms with van der Waals surface area (Å²) >= 11 is 0. The van der Waals surface area contributed by atoms with Crippen LogP contribution in [-0.2, 0) is 32.7 Å². The molecule has 1 heteroatoms. The number of hydrogen-bond acceptors (Lipinski definition) is 0. The van der Waals surface area contributed by atoms with Crippen molar-refractivity contribution >= 4 is 0 Å². The Bertz CT molecular complexity index is 661. The fraction of sp³-hybridized carbons (Fsp3) is 0.939. The second kappa shape index (κ2) is 10.3. The number of fused-ring (bicyclic) bond motifs is 8. The van der Waals surface area contributed by atoms with E-state index in [1.807, 2.05) is 0 Å². The Morgan fingerprint density at radius 1 is 0.500 bits per heavy atom. The number of hydrogen-bond donors (Lipinski definition) is 0. The average molecular weight is 540 g/mol. The van der Waals surface area contributed by atoms with E-state index in [-0.39, 0.29) is 32.7 Å². The smallest absolute Gasteiger partial charge is 0 e. The van der Waals surface area contributed by atoms with Crippen molar-refractivity contribution in [3.63, 3.8) is 0 Å². The van der Waals surface area contributed by atoms with E-state index in [0.717, 1.165) is 76.9 Å². The first-order valence-corrected chi connectivity index (χ1v) is 15.5. The van der Waals surface area contributed by atoms with E-state index in [4.69, 9.17) is 0 Å². The van der Waals surface area contributed by atoms with Crippen LogP contribution < -0.4 is 0 Å². The van der Waals surface area contributed by atoms with E-state index in [9.17, 15) is 0 Å². The Hall–Kier alpha value is 1.10. The summed E-state index contributed by atoms with van der Waals surface area (Å²) in [6, 6.07) is 0. The molecule has 14 atom stereocenters. The monoisotopic (exact) mass is 539 g/mol. The maximum atomic E-state index is 2.64. The molecule has 13 unspecified atom stereocenters. The van der Waals surface area contributed by atoms with Gasteiger partial charge in [0.15, 0.2) is 0 Å². The van der Waals surface area contributed by atoms with Crippen LogP contribution in [-0.4, -0.2) is 0 Å². The average Bonchev–Trinajstić information content (AvgIpc) is 3.52. The second-order valence-electron chi connectivity index (χ2n) is 15.0. The molecule has 8 saturated carbocycles. The minimum absolute atomic E-state index is 0. The van der Waals surface area contributed by atoms with Gasteiger partial charge in [-0.2, -0.15) is 23.7 Å². The maximum absolute atomic E-state index is 2.64. The largest absolute Gasteiger partial charge is 0.325 e. The third-order valence-corrected chi connectivity index (χ3v) is 13.6. The van der Waals surface area contributed by atoms with Crippen molar-refractivity contribution in [1.29, 1.82) is 0 Å². The topological polar surface area (TPSA) is 0 Å². The molecule has 8 aliphatic rings. The van der Waals surface area contributed by atoms with E-state index in [2.05, 4.69) is 54.4 Å². The first kappa shape index (κ1) is 26.7. The molecule has 0 nitrogen and oxygen atoms in total. The zero-order chi connectivity index (χ0) is 23.0. The van der Waals surface area contributed by atoms with Crippen LogP contribution >= 0.6 is 0 Å². The molecule has 6 bridgehead atoms. The molecule has 0 amide bonds. The second-order valence-corrected chi connectivity index (χ2v) is 15.0. The molecule has 0 aromatic carbocycles. The third-order valence-electron chi connectivity index (χ3n) is 13.6. The van der Waals surface area contributed by atoms with Gasteiger partial charge in [-0.3, -0.25) is 0 Å². The van der Waals surface area contributed by atoms with Crippen LogP contribution in [0.4, 0.5) is 0 Å². The van der Waals surface area contributed by atoms with Crippen LogP contribution in [0.3, 0.4) is 0 Å². The first-order valence-electron chi connectivity index (χ1n) is 15.5. The van der Waals surface area contributed by atoms with Gasteiger partial charge in [0.1, 0.15) is 0 Å². The van der Waals surface area contributed by atoms with Gasteiger partial charge >= 0.3 is 0 Å². The van der Waals surface area contributed by atoms with Gasteiger partial charge in [0.05, 0.1) is 0 Å². The summed E-state index contributed by atoms with van der Waals surface area (Å²) < 4.78 is 0. The van der Waals surface area contributed by atoms with Crippen LogP contribution in [0.5, 0.6) is 0 Å². The van der Waals surface area contributed by atoms with Gasteiger partial charge in [0.2, 0.25) is 0 Å². The predicted octanol–water partition coefficient (Wildman–Crippen LogP) is 8.96. The van der Waals surface area contributed by atoms with E-state index < -0.39 is 0 Å². The molecule has 0 N–H and O–H groups in total. The quantitative estimate of drug-likeness (QED) is 0.270. The van der Waals surface area contributed by atoms with Crippen LogP contribution in [0.25, 0.3) is 0 Å². The summed E-state index contributed by atoms with van der Waals surface area (Å²) in [6.45, 7) is 14.7. The zero-order valence-corrected chi connectivity index (χ0v) is 26.2. The van der Waals surface area contributed by atoms with E-state index in [1.165, 1.54) is 56.3 Å². The minimum Gasteiger partial charge on any atom is -0.325 e. The molecule has 1 radical (unpaired) electrons. The number of rotatable bonds is 0. The van der Waals surface area contributed by atoms with Crippen LogP contribution in [0.1, 0.15) is 99.3 Å². The van der Waals surface area contributed by atoms with Crippen LogP contribution in [0.2, 0.25) is 0 Å². The van der Waals surface area contributed by atoms with Gasteiger partial charge in [-0.05, 0) is 91.3 Å². The van der Waals surface area contributed by atoms with Gasteiger partial charge in [-0.25, -0.2) is 0 Å². The SMILES string of the molecule is CC1C2CC3C1CC3C2C.CC1CCC2CC1CCC2C.CC1[CH-]C2C(C1)C1C[C@@H]2[CH-]C1C.[Y]. The maximum Gasteiger partial charge on any atom is 0 e. The normalized spacial score (nSPS) is 59.1. The summed E-state index contributed by atoms with van der Waals surface area (Å²) in [5, 5.41) is 0. The van der Waals surface area contributed by atoms with Crippen molar-refractivity contribution in [2.75, 3.05) is 0 Å². The molecule has 8 fully saturated rings. The summed E-state index contributed by atoms with van der Waals surface area (Å²) in [7, 11) is 0. The molecule has 0 heterocycles. The van der Waals surface area contributed by atoms with Gasteiger partial charge < -0.3 is 12.8 Å². The van der Waals surface area contributed by atoms with E-state index in [0.29, 0.717) is 0 Å². The molecule has 34 heavy (non-hydrogen) atoms. The molecule has 0 saturated heterocycles. The zero-order valence-electron chi connectivity index (χ0n) is 23.3. The molecule has 0 aromatic rings. The Balaban J connectivity index is 0.000000105. The van der Waals surface area contributed by atoms with E-state index in [1.54, 1.807) is 19.3 Å². The van der Waals surface area contributed by atoms with Crippen molar-refractivity contribution in [1.82, 2.24) is 0 Å². The standard InChI is InChI=1S/C12H18.C11H20.C10H16.Y/c1-7-3-11-9-5-8(2)10(6-9)12(11)4-7;1-8-3-5-11-7-10(8)6-4-9(11)2;1-5-7-3-10-8(5)4-9(10)6(7)2;/h3,5,7-12H,4,6H2,1-2H3;8-11H,3-7H2,1-2H3;5-10H,3-4H2,1-2H3;/q-2;;;/t7?,8?,9-,10?,11?,12?;;;/m0.../s1. The van der Waals surface area contributed by atoms with Gasteiger partial charge in [-0.15, -0.1) is 0 Å². The van der Waals surface area contributed by atoms with Crippen molar-refractivity contribution in [2.24, 2.45) is 94.7 Å². The molecule has 0 aliphatic heterocycles. The molecule has 8 aliphatic carbocycles. The molecule has 0 spiro atoms. The van der Waals surface area contributed by atoms with Crippen molar-refractivity contribution in [3.05, 3.63) is 12.8 Å². The molecule has 191 valence electrons. The van der Waals surface area contributed by atoms with Crippen LogP contribution in [0.15, 0.2) is 0 Å². The van der Waals surface area contributed by atoms with Gasteiger partial charge in [-0.1, -0.05) is 79.1 Å². The fourth-order valence-electron chi connectivity index (χ4n) is 11.4. The third kappa shape index (κ3) is 4.50. The molecular formula is C33H54Y-2. The minimum atomic E-state index is 0. The van der Waals surface area contributed by atoms with Crippen molar-refractivity contribution in [3.8, 4) is 0 Å². The first-order chi connectivity index (χ1) is 15.8. The van der Waals surface area contributed by atoms with Crippen LogP contribution in [0, 0.1) is 108 Å². The van der Waals surface area contributed by atoms with E-state index >= 15 is 0 Å². The van der Waals surface area contributed by atoms with Gasteiger partial charge in [0, 0.05) is 32.7 Å². The Labute approximate surface area is 238 Å². The summed E-state index contributed by atoms with van der Waals surface area (Å²) in [6.07, 6.45) is 19.1. The fourth-order valence-corrected chi connectivity index (χ4v) is 11.4.